The second-order valence-corrected chi connectivity index (χ2v) is 4.07. The first-order valence-electron chi connectivity index (χ1n) is 5.08. The van der Waals surface area contributed by atoms with E-state index in [0.29, 0.717) is 11.7 Å². The highest BCUT2D eigenvalue weighted by Crippen LogP contribution is 2.03. The number of rotatable bonds is 5. The highest BCUT2D eigenvalue weighted by atomic mass is 16.3. The van der Waals surface area contributed by atoms with Gasteiger partial charge in [0.25, 0.3) is 0 Å². The molecule has 1 aromatic heterocycles. The number of nitrogens with zero attached hydrogens (tertiary/aromatic N) is 3. The lowest BCUT2D eigenvalue weighted by Gasteiger charge is -2.08. The first-order valence-corrected chi connectivity index (χ1v) is 5.08. The monoisotopic (exact) mass is 211 g/mol. The minimum absolute atomic E-state index is 0.143. The predicted octanol–water partition coefficient (Wildman–Crippen LogP) is 0.426. The standard InChI is InChI=1S/C10H17N3O2/c1-7(2)5-13-10(11-6-12-13)4-9(15)8(3)14/h6-8,14H,4-5H2,1-3H3. The quantitative estimate of drug-likeness (QED) is 0.766. The van der Waals surface area contributed by atoms with Crippen molar-refractivity contribution in [3.05, 3.63) is 12.2 Å². The maximum atomic E-state index is 11.3. The molecule has 0 aliphatic carbocycles. The van der Waals surface area contributed by atoms with E-state index >= 15 is 0 Å². The van der Waals surface area contributed by atoms with Crippen LogP contribution in [0.2, 0.25) is 0 Å². The third kappa shape index (κ3) is 3.43. The fourth-order valence-electron chi connectivity index (χ4n) is 1.23. The Labute approximate surface area is 89.1 Å². The highest BCUT2D eigenvalue weighted by molar-refractivity contribution is 5.83. The Morgan fingerprint density at radius 3 is 2.73 bits per heavy atom. The van der Waals surface area contributed by atoms with Crippen LogP contribution in [0.1, 0.15) is 26.6 Å². The Morgan fingerprint density at radius 1 is 1.53 bits per heavy atom. The third-order valence-corrected chi connectivity index (χ3v) is 2.03. The maximum Gasteiger partial charge on any atom is 0.168 e. The van der Waals surface area contributed by atoms with Gasteiger partial charge in [0, 0.05) is 6.54 Å². The summed E-state index contributed by atoms with van der Waals surface area (Å²) >= 11 is 0. The van der Waals surface area contributed by atoms with Crippen molar-refractivity contribution < 1.29 is 9.90 Å². The second kappa shape index (κ2) is 5.02. The molecule has 0 aliphatic heterocycles. The van der Waals surface area contributed by atoms with Crippen molar-refractivity contribution in [1.82, 2.24) is 14.8 Å². The number of carbonyl (C=O) groups is 1. The van der Waals surface area contributed by atoms with E-state index in [1.807, 2.05) is 0 Å². The van der Waals surface area contributed by atoms with E-state index in [-0.39, 0.29) is 12.2 Å². The molecular formula is C10H17N3O2. The van der Waals surface area contributed by atoms with Gasteiger partial charge in [0.15, 0.2) is 5.78 Å². The van der Waals surface area contributed by atoms with Crippen LogP contribution < -0.4 is 0 Å². The summed E-state index contributed by atoms with van der Waals surface area (Å²) in [6.07, 6.45) is 0.645. The highest BCUT2D eigenvalue weighted by Gasteiger charge is 2.14. The lowest BCUT2D eigenvalue weighted by atomic mass is 10.2. The Morgan fingerprint density at radius 2 is 2.20 bits per heavy atom. The minimum atomic E-state index is -0.936. The van der Waals surface area contributed by atoms with Gasteiger partial charge in [-0.25, -0.2) is 9.67 Å². The van der Waals surface area contributed by atoms with Crippen molar-refractivity contribution in [2.24, 2.45) is 5.92 Å². The molecule has 5 nitrogen and oxygen atoms in total. The summed E-state index contributed by atoms with van der Waals surface area (Å²) in [6, 6.07) is 0. The molecule has 1 unspecified atom stereocenters. The van der Waals surface area contributed by atoms with Crippen molar-refractivity contribution in [2.45, 2.75) is 39.8 Å². The van der Waals surface area contributed by atoms with Crippen LogP contribution in [0.3, 0.4) is 0 Å². The number of aliphatic hydroxyl groups is 1. The molecule has 0 aliphatic rings. The lowest BCUT2D eigenvalue weighted by molar-refractivity contribution is -0.125. The molecule has 0 amide bonds. The van der Waals surface area contributed by atoms with Gasteiger partial charge in [0.1, 0.15) is 18.3 Å². The van der Waals surface area contributed by atoms with E-state index in [1.54, 1.807) is 4.68 Å². The molecule has 0 aromatic carbocycles. The summed E-state index contributed by atoms with van der Waals surface area (Å²) in [4.78, 5) is 15.3. The number of Topliss-reactive ketones (excluding diaryl/α,β-unsaturated/α-hetero) is 1. The molecule has 1 rings (SSSR count). The number of aliphatic hydroxyl groups excluding tert-OH is 1. The van der Waals surface area contributed by atoms with E-state index in [1.165, 1.54) is 13.3 Å². The molecule has 0 fully saturated rings. The average molecular weight is 211 g/mol. The number of hydrogen-bond acceptors (Lipinski definition) is 4. The van der Waals surface area contributed by atoms with Crippen LogP contribution in [0, 0.1) is 5.92 Å². The van der Waals surface area contributed by atoms with Crippen molar-refractivity contribution in [1.29, 1.82) is 0 Å². The van der Waals surface area contributed by atoms with Crippen molar-refractivity contribution in [3.8, 4) is 0 Å². The predicted molar refractivity (Wildman–Crippen MR) is 55.3 cm³/mol. The van der Waals surface area contributed by atoms with Gasteiger partial charge >= 0.3 is 0 Å². The van der Waals surface area contributed by atoms with Gasteiger partial charge in [-0.05, 0) is 12.8 Å². The van der Waals surface area contributed by atoms with Crippen molar-refractivity contribution in [3.63, 3.8) is 0 Å². The van der Waals surface area contributed by atoms with E-state index in [4.69, 9.17) is 5.11 Å². The molecule has 1 heterocycles. The van der Waals surface area contributed by atoms with E-state index in [9.17, 15) is 4.79 Å². The van der Waals surface area contributed by atoms with Crippen LogP contribution >= 0.6 is 0 Å². The largest absolute Gasteiger partial charge is 0.386 e. The Bertz CT molecular complexity index is 331. The molecule has 0 radical (unpaired) electrons. The van der Waals surface area contributed by atoms with Crippen LogP contribution in [0.15, 0.2) is 6.33 Å². The zero-order chi connectivity index (χ0) is 11.4. The van der Waals surface area contributed by atoms with Crippen molar-refractivity contribution >= 4 is 5.78 Å². The minimum Gasteiger partial charge on any atom is -0.386 e. The normalized spacial score (nSPS) is 13.1. The van der Waals surface area contributed by atoms with Gasteiger partial charge in [0.2, 0.25) is 0 Å². The molecule has 5 heteroatoms. The maximum absolute atomic E-state index is 11.3. The summed E-state index contributed by atoms with van der Waals surface area (Å²) < 4.78 is 1.71. The van der Waals surface area contributed by atoms with Crippen LogP contribution in [0.25, 0.3) is 0 Å². The van der Waals surface area contributed by atoms with Crippen LogP contribution in [0.5, 0.6) is 0 Å². The molecule has 84 valence electrons. The van der Waals surface area contributed by atoms with Gasteiger partial charge in [-0.2, -0.15) is 5.10 Å². The molecular weight excluding hydrogens is 194 g/mol. The zero-order valence-corrected chi connectivity index (χ0v) is 9.34. The van der Waals surface area contributed by atoms with Gasteiger partial charge < -0.3 is 5.11 Å². The summed E-state index contributed by atoms with van der Waals surface area (Å²) in [5, 5.41) is 13.1. The average Bonchev–Trinajstić information content (AvgIpc) is 2.51. The lowest BCUT2D eigenvalue weighted by Crippen LogP contribution is -2.21. The molecule has 1 N–H and O–H groups in total. The van der Waals surface area contributed by atoms with E-state index in [2.05, 4.69) is 23.9 Å². The van der Waals surface area contributed by atoms with Gasteiger partial charge in [-0.1, -0.05) is 13.8 Å². The topological polar surface area (TPSA) is 68.0 Å². The van der Waals surface area contributed by atoms with Crippen LogP contribution in [-0.2, 0) is 17.8 Å². The molecule has 0 spiro atoms. The molecule has 0 saturated heterocycles. The van der Waals surface area contributed by atoms with Gasteiger partial charge in [-0.3, -0.25) is 4.79 Å². The Hall–Kier alpha value is -1.23. The first kappa shape index (κ1) is 11.8. The summed E-state index contributed by atoms with van der Waals surface area (Å²) in [5.41, 5.74) is 0. The summed E-state index contributed by atoms with van der Waals surface area (Å²) in [6.45, 7) is 6.35. The van der Waals surface area contributed by atoms with Gasteiger partial charge in [0.05, 0.1) is 6.42 Å². The third-order valence-electron chi connectivity index (χ3n) is 2.03. The van der Waals surface area contributed by atoms with E-state index in [0.717, 1.165) is 6.54 Å². The molecule has 1 atom stereocenters. The number of ketones is 1. The van der Waals surface area contributed by atoms with Crippen LogP contribution in [0.4, 0.5) is 0 Å². The number of aromatic nitrogens is 3. The summed E-state index contributed by atoms with van der Waals surface area (Å²) in [5.74, 6) is 0.842. The molecule has 0 bridgehead atoms. The van der Waals surface area contributed by atoms with Crippen LogP contribution in [-0.4, -0.2) is 31.8 Å². The molecule has 1 aromatic rings. The van der Waals surface area contributed by atoms with Crippen molar-refractivity contribution in [2.75, 3.05) is 0 Å². The number of hydrogen-bond donors (Lipinski definition) is 1. The SMILES string of the molecule is CC(C)Cn1ncnc1CC(=O)C(C)O. The smallest absolute Gasteiger partial charge is 0.168 e. The van der Waals surface area contributed by atoms with E-state index < -0.39 is 6.10 Å². The van der Waals surface area contributed by atoms with Gasteiger partial charge in [-0.15, -0.1) is 0 Å². The zero-order valence-electron chi connectivity index (χ0n) is 9.34. The second-order valence-electron chi connectivity index (χ2n) is 4.07. The first-order chi connectivity index (χ1) is 7.00. The molecule has 0 saturated carbocycles. The summed E-state index contributed by atoms with van der Waals surface area (Å²) in [7, 11) is 0. The Balaban J connectivity index is 2.69. The Kier molecular flexibility index (Phi) is 3.96. The fourth-order valence-corrected chi connectivity index (χ4v) is 1.23. The molecule has 15 heavy (non-hydrogen) atoms. The number of carbonyl (C=O) groups excluding carboxylic acids is 1. The fraction of sp³-hybridized carbons (Fsp3) is 0.700.